The van der Waals surface area contributed by atoms with Gasteiger partial charge in [-0.25, -0.2) is 23.6 Å². The monoisotopic (exact) mass is 387 g/mol. The zero-order valence-corrected chi connectivity index (χ0v) is 15.3. The first-order valence-corrected chi connectivity index (χ1v) is 8.70. The average molecular weight is 387 g/mol. The van der Waals surface area contributed by atoms with Crippen molar-refractivity contribution in [1.82, 2.24) is 26.0 Å². The molecule has 0 aliphatic carbocycles. The molecule has 0 radical (unpaired) electrons. The van der Waals surface area contributed by atoms with Crippen LogP contribution in [0.3, 0.4) is 0 Å². The fourth-order valence-electron chi connectivity index (χ4n) is 3.62. The van der Waals surface area contributed by atoms with Crippen molar-refractivity contribution < 1.29 is 23.1 Å². The van der Waals surface area contributed by atoms with E-state index in [2.05, 4.69) is 16.1 Å². The van der Waals surface area contributed by atoms with E-state index in [0.29, 0.717) is 5.56 Å². The van der Waals surface area contributed by atoms with Crippen LogP contribution in [-0.4, -0.2) is 60.1 Å². The molecule has 5 atom stereocenters. The number of alkyl halides is 2. The van der Waals surface area contributed by atoms with E-state index < -0.39 is 48.3 Å². The predicted octanol–water partition coefficient (Wildman–Crippen LogP) is 0.512. The lowest BCUT2D eigenvalue weighted by Gasteiger charge is -2.41. The molecule has 27 heavy (non-hydrogen) atoms. The van der Waals surface area contributed by atoms with E-state index in [0.717, 1.165) is 12.1 Å². The zero-order valence-electron chi connectivity index (χ0n) is 15.3. The normalized spacial score (nSPS) is 29.9. The van der Waals surface area contributed by atoms with Crippen molar-refractivity contribution in [3.05, 3.63) is 35.1 Å². The van der Waals surface area contributed by atoms with Crippen molar-refractivity contribution >= 4 is 5.91 Å². The molecule has 7 nitrogen and oxygen atoms in total. The molecule has 1 aromatic carbocycles. The van der Waals surface area contributed by atoms with Gasteiger partial charge in [-0.2, -0.15) is 0 Å². The second-order valence-electron chi connectivity index (χ2n) is 7.10. The number of fused-ring (bicyclic) bond motifs is 1. The summed E-state index contributed by atoms with van der Waals surface area (Å²) >= 11 is 0. The molecule has 5 unspecified atom stereocenters. The number of hydrogen-bond donors (Lipinski definition) is 4. The number of aliphatic hydroxyl groups is 1. The quantitative estimate of drug-likeness (QED) is 0.590. The summed E-state index contributed by atoms with van der Waals surface area (Å²) in [5, 5.41) is 17.5. The largest absolute Gasteiger partial charge is 0.395 e. The molecule has 10 heteroatoms. The molecule has 4 N–H and O–H groups in total. The van der Waals surface area contributed by atoms with Crippen LogP contribution in [0, 0.1) is 11.7 Å². The first-order valence-electron chi connectivity index (χ1n) is 8.70. The molecule has 0 bridgehead atoms. The van der Waals surface area contributed by atoms with Gasteiger partial charge in [-0.05, 0) is 32.6 Å². The Bertz CT molecular complexity index is 705. The number of benzene rings is 1. The van der Waals surface area contributed by atoms with Gasteiger partial charge in [0, 0.05) is 6.04 Å². The van der Waals surface area contributed by atoms with Crippen LogP contribution in [0.25, 0.3) is 0 Å². The summed E-state index contributed by atoms with van der Waals surface area (Å²) in [6.07, 6.45) is -3.76. The smallest absolute Gasteiger partial charge is 0.266 e. The first kappa shape index (κ1) is 20.0. The number of carbonyl (C=O) groups excluding carboxylic acids is 1. The number of aliphatic hydroxyl groups excluding tert-OH is 1. The van der Waals surface area contributed by atoms with Crippen molar-refractivity contribution in [2.24, 2.45) is 5.92 Å². The molecule has 1 aromatic rings. The van der Waals surface area contributed by atoms with Crippen molar-refractivity contribution in [2.45, 2.75) is 37.9 Å². The Kier molecular flexibility index (Phi) is 5.73. The van der Waals surface area contributed by atoms with Crippen molar-refractivity contribution in [1.29, 1.82) is 0 Å². The van der Waals surface area contributed by atoms with E-state index in [9.17, 15) is 23.1 Å². The fourth-order valence-corrected chi connectivity index (χ4v) is 3.62. The summed E-state index contributed by atoms with van der Waals surface area (Å²) < 4.78 is 39.6. The first-order chi connectivity index (χ1) is 12.7. The van der Waals surface area contributed by atoms with Gasteiger partial charge in [0.15, 0.2) is 0 Å². The van der Waals surface area contributed by atoms with Crippen LogP contribution in [0.5, 0.6) is 0 Å². The summed E-state index contributed by atoms with van der Waals surface area (Å²) in [6, 6.07) is 2.66. The number of rotatable bonds is 5. The lowest BCUT2D eigenvalue weighted by Crippen LogP contribution is -2.68. The van der Waals surface area contributed by atoms with Gasteiger partial charge in [0.1, 0.15) is 12.1 Å². The van der Waals surface area contributed by atoms with E-state index in [4.69, 9.17) is 0 Å². The number of hydrazine groups is 1. The molecule has 1 amide bonds. The summed E-state index contributed by atoms with van der Waals surface area (Å²) in [7, 11) is 3.60. The third kappa shape index (κ3) is 3.67. The van der Waals surface area contributed by atoms with E-state index in [1.54, 1.807) is 30.9 Å². The third-order valence-electron chi connectivity index (χ3n) is 5.17. The van der Waals surface area contributed by atoms with Gasteiger partial charge in [-0.1, -0.05) is 12.1 Å². The summed E-state index contributed by atoms with van der Waals surface area (Å²) in [4.78, 5) is 14.3. The minimum absolute atomic E-state index is 0.210. The molecule has 2 aliphatic heterocycles. The van der Waals surface area contributed by atoms with Crippen LogP contribution in [0.15, 0.2) is 18.2 Å². The third-order valence-corrected chi connectivity index (χ3v) is 5.17. The predicted molar refractivity (Wildman–Crippen MR) is 91.7 cm³/mol. The van der Waals surface area contributed by atoms with Crippen LogP contribution in [0.1, 0.15) is 30.5 Å². The van der Waals surface area contributed by atoms with Crippen LogP contribution >= 0.6 is 0 Å². The van der Waals surface area contributed by atoms with Crippen molar-refractivity contribution in [3.8, 4) is 0 Å². The molecule has 0 spiro atoms. The Balaban J connectivity index is 1.88. The standard InChI is InChI=1S/C17H24F3N5O2/c1-8(9-4-5-10(14(19)20)11(18)6-9)25-15-13(12(7-26)23-25)16(27)22-17(21-15)24(2)3/h4-6,8,12-15,17,21,23,26H,7H2,1-3H3,(H,22,27). The number of nitrogens with one attached hydrogen (secondary N) is 3. The van der Waals surface area contributed by atoms with Gasteiger partial charge >= 0.3 is 0 Å². The lowest BCUT2D eigenvalue weighted by molar-refractivity contribution is -0.133. The van der Waals surface area contributed by atoms with Crippen molar-refractivity contribution in [2.75, 3.05) is 20.7 Å². The molecule has 3 rings (SSSR count). The number of amides is 1. The second kappa shape index (κ2) is 7.72. The highest BCUT2D eigenvalue weighted by molar-refractivity contribution is 5.81. The molecule has 0 aromatic heterocycles. The molecular weight excluding hydrogens is 363 g/mol. The highest BCUT2D eigenvalue weighted by Gasteiger charge is 2.51. The topological polar surface area (TPSA) is 79.9 Å². The minimum Gasteiger partial charge on any atom is -0.395 e. The van der Waals surface area contributed by atoms with E-state index in [1.165, 1.54) is 6.07 Å². The van der Waals surface area contributed by atoms with Crippen LogP contribution in [-0.2, 0) is 4.79 Å². The van der Waals surface area contributed by atoms with Gasteiger partial charge in [-0.15, -0.1) is 0 Å². The molecule has 2 fully saturated rings. The zero-order chi connectivity index (χ0) is 19.9. The summed E-state index contributed by atoms with van der Waals surface area (Å²) in [6.45, 7) is 1.52. The number of nitrogens with zero attached hydrogens (tertiary/aromatic N) is 2. The summed E-state index contributed by atoms with van der Waals surface area (Å²) in [5.74, 6) is -1.74. The SMILES string of the molecule is CC(c1ccc(C(F)F)c(F)c1)N1NC(CO)C2C(=O)NC(N(C)C)NC21. The molecule has 150 valence electrons. The maximum absolute atomic E-state index is 14.0. The van der Waals surface area contributed by atoms with Gasteiger partial charge in [0.25, 0.3) is 6.43 Å². The summed E-state index contributed by atoms with van der Waals surface area (Å²) in [5.41, 5.74) is 2.94. The fraction of sp³-hybridized carbons (Fsp3) is 0.588. The highest BCUT2D eigenvalue weighted by atomic mass is 19.3. The average Bonchev–Trinajstić information content (AvgIpc) is 2.99. The maximum Gasteiger partial charge on any atom is 0.266 e. The number of carbonyl (C=O) groups is 1. The Hall–Kier alpha value is -1.72. The van der Waals surface area contributed by atoms with E-state index in [1.807, 2.05) is 0 Å². The molecule has 2 heterocycles. The lowest BCUT2D eigenvalue weighted by atomic mass is 9.95. The van der Waals surface area contributed by atoms with Crippen LogP contribution in [0.4, 0.5) is 13.2 Å². The number of halogens is 3. The number of hydrogen-bond acceptors (Lipinski definition) is 6. The van der Waals surface area contributed by atoms with Gasteiger partial charge in [0.2, 0.25) is 5.91 Å². The minimum atomic E-state index is -2.88. The van der Waals surface area contributed by atoms with E-state index in [-0.39, 0.29) is 12.5 Å². The molecule has 0 saturated carbocycles. The van der Waals surface area contributed by atoms with Gasteiger partial charge in [0.05, 0.1) is 30.3 Å². The van der Waals surface area contributed by atoms with Gasteiger partial charge < -0.3 is 10.4 Å². The molecule has 2 saturated heterocycles. The Morgan fingerprint density at radius 3 is 2.59 bits per heavy atom. The van der Waals surface area contributed by atoms with Crippen molar-refractivity contribution in [3.63, 3.8) is 0 Å². The molecule has 2 aliphatic rings. The highest BCUT2D eigenvalue weighted by Crippen LogP contribution is 2.33. The van der Waals surface area contributed by atoms with Gasteiger partial charge in [-0.3, -0.25) is 15.0 Å². The molecular formula is C17H24F3N5O2. The Morgan fingerprint density at radius 1 is 1.33 bits per heavy atom. The van der Waals surface area contributed by atoms with E-state index >= 15 is 0 Å². The Morgan fingerprint density at radius 2 is 2.04 bits per heavy atom. The second-order valence-corrected chi connectivity index (χ2v) is 7.10. The van der Waals surface area contributed by atoms with Crippen LogP contribution in [0.2, 0.25) is 0 Å². The maximum atomic E-state index is 14.0. The Labute approximate surface area is 155 Å². The van der Waals surface area contributed by atoms with Crippen LogP contribution < -0.4 is 16.1 Å².